The molecule has 2 aromatic rings. The predicted molar refractivity (Wildman–Crippen MR) is 54.5 cm³/mol. The maximum absolute atomic E-state index is 13.6. The lowest BCUT2D eigenvalue weighted by molar-refractivity contribution is 0.397. The minimum atomic E-state index is -0.797. The van der Waals surface area contributed by atoms with Crippen LogP contribution in [0.4, 0.5) is 10.3 Å². The lowest BCUT2D eigenvalue weighted by Gasteiger charge is -2.05. The van der Waals surface area contributed by atoms with E-state index < -0.39 is 11.6 Å². The number of methoxy groups -OCH3 is 1. The van der Waals surface area contributed by atoms with Gasteiger partial charge in [-0.2, -0.15) is 0 Å². The van der Waals surface area contributed by atoms with E-state index in [4.69, 9.17) is 10.5 Å². The van der Waals surface area contributed by atoms with Crippen LogP contribution >= 0.6 is 0 Å². The van der Waals surface area contributed by atoms with Gasteiger partial charge in [-0.25, -0.2) is 4.39 Å². The van der Waals surface area contributed by atoms with Crippen LogP contribution in [0.1, 0.15) is 0 Å². The maximum Gasteiger partial charge on any atom is 0.222 e. The van der Waals surface area contributed by atoms with Crippen LogP contribution in [-0.2, 0) is 0 Å². The van der Waals surface area contributed by atoms with Gasteiger partial charge in [0.15, 0.2) is 11.6 Å². The van der Waals surface area contributed by atoms with Crippen LogP contribution in [0.5, 0.6) is 11.5 Å². The number of nitrogens with two attached hydrogens (primary N) is 1. The summed E-state index contributed by atoms with van der Waals surface area (Å²) < 4.78 is 23.1. The fourth-order valence-corrected chi connectivity index (χ4v) is 1.30. The first-order valence-corrected chi connectivity index (χ1v) is 4.41. The molecule has 0 amide bonds. The second kappa shape index (κ2) is 3.73. The number of hydrogen-bond acceptors (Lipinski definition) is 5. The number of aromatic nitrogens is 1. The van der Waals surface area contributed by atoms with Gasteiger partial charge >= 0.3 is 0 Å². The fraction of sp³-hybridized carbons (Fsp3) is 0.100. The SMILES string of the molecule is COc1cc(O)c(F)c(-c2cc(N)on2)c1. The average molecular weight is 224 g/mol. The van der Waals surface area contributed by atoms with Crippen molar-refractivity contribution < 1.29 is 18.8 Å². The zero-order chi connectivity index (χ0) is 11.7. The van der Waals surface area contributed by atoms with E-state index in [-0.39, 0.29) is 17.1 Å². The monoisotopic (exact) mass is 224 g/mol. The van der Waals surface area contributed by atoms with Crippen LogP contribution in [0.3, 0.4) is 0 Å². The highest BCUT2D eigenvalue weighted by molar-refractivity contribution is 5.66. The number of halogens is 1. The summed E-state index contributed by atoms with van der Waals surface area (Å²) in [7, 11) is 1.41. The number of nitrogens with zero attached hydrogens (tertiary/aromatic N) is 1. The van der Waals surface area contributed by atoms with Crippen molar-refractivity contribution in [3.05, 3.63) is 24.0 Å². The molecule has 84 valence electrons. The van der Waals surface area contributed by atoms with E-state index >= 15 is 0 Å². The molecular formula is C10H9FN2O3. The minimum Gasteiger partial charge on any atom is -0.505 e. The highest BCUT2D eigenvalue weighted by Gasteiger charge is 2.15. The predicted octanol–water partition coefficient (Wildman–Crippen LogP) is 1.78. The molecule has 5 nitrogen and oxygen atoms in total. The summed E-state index contributed by atoms with van der Waals surface area (Å²) in [4.78, 5) is 0. The van der Waals surface area contributed by atoms with Crippen LogP contribution in [0.25, 0.3) is 11.3 Å². The van der Waals surface area contributed by atoms with E-state index in [0.717, 1.165) is 0 Å². The number of anilines is 1. The number of aromatic hydroxyl groups is 1. The number of phenolic OH excluding ortho intramolecular Hbond substituents is 1. The van der Waals surface area contributed by atoms with Crippen LogP contribution < -0.4 is 10.5 Å². The van der Waals surface area contributed by atoms with Crippen molar-refractivity contribution in [1.82, 2.24) is 5.16 Å². The molecule has 0 bridgehead atoms. The second-order valence-electron chi connectivity index (χ2n) is 3.12. The molecule has 3 N–H and O–H groups in total. The third-order valence-electron chi connectivity index (χ3n) is 2.07. The largest absolute Gasteiger partial charge is 0.505 e. The van der Waals surface area contributed by atoms with E-state index in [0.29, 0.717) is 5.75 Å². The van der Waals surface area contributed by atoms with E-state index in [1.807, 2.05) is 0 Å². The first-order chi connectivity index (χ1) is 7.61. The molecule has 2 rings (SSSR count). The Morgan fingerprint density at radius 1 is 1.44 bits per heavy atom. The Morgan fingerprint density at radius 3 is 2.75 bits per heavy atom. The van der Waals surface area contributed by atoms with Gasteiger partial charge in [0, 0.05) is 17.7 Å². The van der Waals surface area contributed by atoms with E-state index in [1.165, 1.54) is 25.3 Å². The summed E-state index contributed by atoms with van der Waals surface area (Å²) in [6.45, 7) is 0. The van der Waals surface area contributed by atoms with E-state index in [2.05, 4.69) is 9.68 Å². The van der Waals surface area contributed by atoms with Gasteiger partial charge in [0.25, 0.3) is 0 Å². The van der Waals surface area contributed by atoms with Crippen LogP contribution in [-0.4, -0.2) is 17.4 Å². The highest BCUT2D eigenvalue weighted by Crippen LogP contribution is 2.33. The number of nitrogen functional groups attached to an aromatic ring is 1. The fourth-order valence-electron chi connectivity index (χ4n) is 1.30. The molecule has 0 unspecified atom stereocenters. The van der Waals surface area contributed by atoms with Crippen molar-refractivity contribution in [2.75, 3.05) is 12.8 Å². The molecule has 0 saturated heterocycles. The highest BCUT2D eigenvalue weighted by atomic mass is 19.1. The molecule has 6 heteroatoms. The molecule has 0 spiro atoms. The summed E-state index contributed by atoms with van der Waals surface area (Å²) in [5.74, 6) is -0.933. The van der Waals surface area contributed by atoms with Gasteiger partial charge in [-0.3, -0.25) is 0 Å². The third-order valence-corrected chi connectivity index (χ3v) is 2.07. The molecule has 0 fully saturated rings. The summed E-state index contributed by atoms with van der Waals surface area (Å²) in [6.07, 6.45) is 0. The Labute approximate surface area is 90.2 Å². The van der Waals surface area contributed by atoms with Crippen LogP contribution in [0.2, 0.25) is 0 Å². The molecule has 16 heavy (non-hydrogen) atoms. The molecular weight excluding hydrogens is 215 g/mol. The second-order valence-corrected chi connectivity index (χ2v) is 3.12. The van der Waals surface area contributed by atoms with Gasteiger partial charge in [-0.15, -0.1) is 0 Å². The van der Waals surface area contributed by atoms with Gasteiger partial charge in [0.2, 0.25) is 5.88 Å². The van der Waals surface area contributed by atoms with Crippen LogP contribution in [0.15, 0.2) is 22.7 Å². The summed E-state index contributed by atoms with van der Waals surface area (Å²) in [5.41, 5.74) is 5.59. The molecule has 0 aliphatic carbocycles. The maximum atomic E-state index is 13.6. The smallest absolute Gasteiger partial charge is 0.222 e. The topological polar surface area (TPSA) is 81.5 Å². The number of phenols is 1. The molecule has 1 aromatic heterocycles. The van der Waals surface area contributed by atoms with Crippen molar-refractivity contribution in [1.29, 1.82) is 0 Å². The van der Waals surface area contributed by atoms with Gasteiger partial charge in [-0.1, -0.05) is 5.16 Å². The number of ether oxygens (including phenoxy) is 1. The van der Waals surface area contributed by atoms with E-state index in [1.54, 1.807) is 0 Å². The Balaban J connectivity index is 2.59. The van der Waals surface area contributed by atoms with Gasteiger partial charge < -0.3 is 20.1 Å². The zero-order valence-corrected chi connectivity index (χ0v) is 8.40. The van der Waals surface area contributed by atoms with Crippen molar-refractivity contribution in [3.8, 4) is 22.8 Å². The molecule has 1 aromatic carbocycles. The Hall–Kier alpha value is -2.24. The molecule has 0 radical (unpaired) electrons. The minimum absolute atomic E-state index is 0.0664. The lowest BCUT2D eigenvalue weighted by atomic mass is 10.1. The van der Waals surface area contributed by atoms with Gasteiger partial charge in [-0.05, 0) is 6.07 Å². The Kier molecular flexibility index (Phi) is 2.40. The molecule has 0 atom stereocenters. The molecule has 0 aliphatic rings. The molecule has 1 heterocycles. The normalized spacial score (nSPS) is 10.4. The van der Waals surface area contributed by atoms with Crippen molar-refractivity contribution in [2.45, 2.75) is 0 Å². The Bertz CT molecular complexity index is 525. The summed E-state index contributed by atoms with van der Waals surface area (Å²) in [5, 5.41) is 12.9. The van der Waals surface area contributed by atoms with E-state index in [9.17, 15) is 9.50 Å². The Morgan fingerprint density at radius 2 is 2.19 bits per heavy atom. The number of rotatable bonds is 2. The number of benzene rings is 1. The summed E-state index contributed by atoms with van der Waals surface area (Å²) in [6, 6.07) is 3.92. The zero-order valence-electron chi connectivity index (χ0n) is 8.40. The molecule has 0 saturated carbocycles. The van der Waals surface area contributed by atoms with Crippen LogP contribution in [0, 0.1) is 5.82 Å². The van der Waals surface area contributed by atoms with Gasteiger partial charge in [0.1, 0.15) is 11.4 Å². The van der Waals surface area contributed by atoms with Crippen molar-refractivity contribution >= 4 is 5.88 Å². The average Bonchev–Trinajstić information content (AvgIpc) is 2.68. The number of hydrogen-bond donors (Lipinski definition) is 2. The van der Waals surface area contributed by atoms with Crippen molar-refractivity contribution in [3.63, 3.8) is 0 Å². The summed E-state index contributed by atoms with van der Waals surface area (Å²) >= 11 is 0. The lowest BCUT2D eigenvalue weighted by Crippen LogP contribution is -1.89. The van der Waals surface area contributed by atoms with Crippen molar-refractivity contribution in [2.24, 2.45) is 0 Å². The van der Waals surface area contributed by atoms with Gasteiger partial charge in [0.05, 0.1) is 7.11 Å². The third kappa shape index (κ3) is 1.65. The molecule has 0 aliphatic heterocycles. The first kappa shape index (κ1) is 10.3. The quantitative estimate of drug-likeness (QED) is 0.812. The standard InChI is InChI=1S/C10H9FN2O3/c1-15-5-2-6(10(11)8(14)3-5)7-4-9(12)16-13-7/h2-4,14H,12H2,1H3. The first-order valence-electron chi connectivity index (χ1n) is 4.41.